The third-order valence-corrected chi connectivity index (χ3v) is 2.42. The first-order chi connectivity index (χ1) is 7.65. The second kappa shape index (κ2) is 5.53. The zero-order chi connectivity index (χ0) is 12.1. The highest BCUT2D eigenvalue weighted by Gasteiger charge is 2.20. The van der Waals surface area contributed by atoms with Crippen molar-refractivity contribution in [2.45, 2.75) is 40.2 Å². The molecule has 0 amide bonds. The van der Waals surface area contributed by atoms with Crippen LogP contribution in [-0.4, -0.2) is 27.2 Å². The lowest BCUT2D eigenvalue weighted by Gasteiger charge is -2.05. The van der Waals surface area contributed by atoms with Gasteiger partial charge in [-0.2, -0.15) is 0 Å². The number of anilines is 1. The number of aromatic nitrogens is 2. The summed E-state index contributed by atoms with van der Waals surface area (Å²) >= 11 is 0. The second-order valence-corrected chi connectivity index (χ2v) is 3.55. The molecule has 0 bridgehead atoms. The van der Waals surface area contributed by atoms with Gasteiger partial charge in [0.1, 0.15) is 5.82 Å². The van der Waals surface area contributed by atoms with Crippen molar-refractivity contribution in [2.24, 2.45) is 0 Å². The van der Waals surface area contributed by atoms with Gasteiger partial charge in [-0.15, -0.1) is 0 Å². The summed E-state index contributed by atoms with van der Waals surface area (Å²) in [5, 5.41) is 12.2. The van der Waals surface area contributed by atoms with Crippen LogP contribution in [0.1, 0.15) is 43.5 Å². The number of rotatable bonds is 6. The topological polar surface area (TPSA) is 67.2 Å². The maximum Gasteiger partial charge on any atom is 0.356 e. The van der Waals surface area contributed by atoms with Gasteiger partial charge in [-0.1, -0.05) is 13.8 Å². The molecule has 0 radical (unpaired) electrons. The highest BCUT2D eigenvalue weighted by Crippen LogP contribution is 2.18. The molecule has 0 fully saturated rings. The molecule has 0 saturated carbocycles. The van der Waals surface area contributed by atoms with Gasteiger partial charge in [0.15, 0.2) is 11.5 Å². The Morgan fingerprint density at radius 3 is 2.56 bits per heavy atom. The Kier molecular flexibility index (Phi) is 4.34. The Labute approximate surface area is 95.5 Å². The van der Waals surface area contributed by atoms with E-state index in [9.17, 15) is 9.90 Å². The average molecular weight is 225 g/mol. The number of aromatic carboxylic acids is 1. The normalized spacial score (nSPS) is 10.4. The summed E-state index contributed by atoms with van der Waals surface area (Å²) in [6.45, 7) is 7.31. The summed E-state index contributed by atoms with van der Waals surface area (Å²) in [5.41, 5.74) is 0.271. The third kappa shape index (κ3) is 2.35. The summed E-state index contributed by atoms with van der Waals surface area (Å²) in [6.07, 6.45) is 1.68. The summed E-state index contributed by atoms with van der Waals surface area (Å²) in [7, 11) is 0. The van der Waals surface area contributed by atoms with Gasteiger partial charge in [0, 0.05) is 19.5 Å². The van der Waals surface area contributed by atoms with E-state index in [1.807, 2.05) is 20.8 Å². The summed E-state index contributed by atoms with van der Waals surface area (Å²) in [6, 6.07) is 0. The monoisotopic (exact) mass is 225 g/mol. The van der Waals surface area contributed by atoms with Crippen molar-refractivity contribution in [3.05, 3.63) is 11.5 Å². The Hall–Kier alpha value is -1.52. The van der Waals surface area contributed by atoms with Crippen LogP contribution in [0.2, 0.25) is 0 Å². The quantitative estimate of drug-likeness (QED) is 0.777. The SMILES string of the molecule is CCCNc1nc(CC)n(CC)c1C(=O)O. The van der Waals surface area contributed by atoms with Crippen LogP contribution in [0.3, 0.4) is 0 Å². The highest BCUT2D eigenvalue weighted by molar-refractivity contribution is 5.91. The highest BCUT2D eigenvalue weighted by atomic mass is 16.4. The minimum atomic E-state index is -0.923. The minimum Gasteiger partial charge on any atom is -0.476 e. The third-order valence-electron chi connectivity index (χ3n) is 2.42. The number of nitrogens with one attached hydrogen (secondary N) is 1. The number of carbonyl (C=O) groups is 1. The van der Waals surface area contributed by atoms with Crippen molar-refractivity contribution in [3.63, 3.8) is 0 Å². The van der Waals surface area contributed by atoms with Crippen molar-refractivity contribution in [2.75, 3.05) is 11.9 Å². The van der Waals surface area contributed by atoms with Gasteiger partial charge < -0.3 is 15.0 Å². The molecule has 0 atom stereocenters. The van der Waals surface area contributed by atoms with Crippen LogP contribution >= 0.6 is 0 Å². The van der Waals surface area contributed by atoms with E-state index in [-0.39, 0.29) is 5.69 Å². The van der Waals surface area contributed by atoms with E-state index in [0.29, 0.717) is 12.4 Å². The Morgan fingerprint density at radius 2 is 2.12 bits per heavy atom. The lowest BCUT2D eigenvalue weighted by molar-refractivity contribution is 0.0686. The fraction of sp³-hybridized carbons (Fsp3) is 0.636. The van der Waals surface area contributed by atoms with E-state index in [4.69, 9.17) is 0 Å². The second-order valence-electron chi connectivity index (χ2n) is 3.55. The molecule has 5 nitrogen and oxygen atoms in total. The number of aryl methyl sites for hydroxylation is 1. The smallest absolute Gasteiger partial charge is 0.356 e. The van der Waals surface area contributed by atoms with Crippen LogP contribution in [0.4, 0.5) is 5.82 Å². The molecule has 0 aromatic carbocycles. The summed E-state index contributed by atoms with van der Waals surface area (Å²) in [4.78, 5) is 15.5. The van der Waals surface area contributed by atoms with E-state index in [2.05, 4.69) is 10.3 Å². The zero-order valence-electron chi connectivity index (χ0n) is 10.1. The van der Waals surface area contributed by atoms with E-state index >= 15 is 0 Å². The lowest BCUT2D eigenvalue weighted by Crippen LogP contribution is -2.12. The van der Waals surface area contributed by atoms with Gasteiger partial charge in [-0.25, -0.2) is 9.78 Å². The molecule has 0 aliphatic rings. The van der Waals surface area contributed by atoms with Gasteiger partial charge in [0.2, 0.25) is 0 Å². The number of carboxylic acid groups (broad SMARTS) is 1. The Bertz CT molecular complexity index is 372. The van der Waals surface area contributed by atoms with E-state index in [1.165, 1.54) is 0 Å². The van der Waals surface area contributed by atoms with Crippen LogP contribution in [0.15, 0.2) is 0 Å². The van der Waals surface area contributed by atoms with Crippen molar-refractivity contribution in [1.82, 2.24) is 9.55 Å². The van der Waals surface area contributed by atoms with Crippen molar-refractivity contribution < 1.29 is 9.90 Å². The molecule has 5 heteroatoms. The Morgan fingerprint density at radius 1 is 1.44 bits per heavy atom. The number of hydrogen-bond acceptors (Lipinski definition) is 3. The maximum absolute atomic E-state index is 11.2. The van der Waals surface area contributed by atoms with Gasteiger partial charge in [0.05, 0.1) is 0 Å². The van der Waals surface area contributed by atoms with Crippen LogP contribution in [0.5, 0.6) is 0 Å². The summed E-state index contributed by atoms with van der Waals surface area (Å²) in [5.74, 6) is 0.388. The molecule has 1 rings (SSSR count). The number of hydrogen-bond donors (Lipinski definition) is 2. The molecule has 2 N–H and O–H groups in total. The van der Waals surface area contributed by atoms with Crippen molar-refractivity contribution in [3.8, 4) is 0 Å². The first kappa shape index (κ1) is 12.5. The standard InChI is InChI=1S/C11H19N3O2/c1-4-7-12-10-9(11(15)16)14(6-3)8(5-2)13-10/h12H,4-7H2,1-3H3,(H,15,16). The molecule has 0 spiro atoms. The van der Waals surface area contributed by atoms with Crippen LogP contribution in [-0.2, 0) is 13.0 Å². The predicted octanol–water partition coefficient (Wildman–Crippen LogP) is 1.99. The number of carboxylic acids is 1. The molecule has 1 heterocycles. The zero-order valence-corrected chi connectivity index (χ0v) is 10.1. The first-order valence-corrected chi connectivity index (χ1v) is 5.72. The molecule has 0 unspecified atom stereocenters. The van der Waals surface area contributed by atoms with E-state index < -0.39 is 5.97 Å². The molecule has 0 aliphatic heterocycles. The first-order valence-electron chi connectivity index (χ1n) is 5.72. The average Bonchev–Trinajstić information content (AvgIpc) is 2.63. The van der Waals surface area contributed by atoms with Gasteiger partial charge in [0.25, 0.3) is 0 Å². The summed E-state index contributed by atoms with van der Waals surface area (Å²) < 4.78 is 1.75. The van der Waals surface area contributed by atoms with E-state index in [0.717, 1.165) is 25.2 Å². The van der Waals surface area contributed by atoms with Crippen LogP contribution in [0.25, 0.3) is 0 Å². The fourth-order valence-corrected chi connectivity index (χ4v) is 1.69. The molecule has 16 heavy (non-hydrogen) atoms. The van der Waals surface area contributed by atoms with Crippen LogP contribution < -0.4 is 5.32 Å². The lowest BCUT2D eigenvalue weighted by atomic mass is 10.4. The molecule has 1 aromatic heterocycles. The molecule has 90 valence electrons. The molecule has 1 aromatic rings. The molecule has 0 aliphatic carbocycles. The number of nitrogens with zero attached hydrogens (tertiary/aromatic N) is 2. The van der Waals surface area contributed by atoms with Crippen molar-refractivity contribution >= 4 is 11.8 Å². The number of imidazole rings is 1. The van der Waals surface area contributed by atoms with Crippen molar-refractivity contribution in [1.29, 1.82) is 0 Å². The van der Waals surface area contributed by atoms with Gasteiger partial charge in [-0.3, -0.25) is 0 Å². The van der Waals surface area contributed by atoms with E-state index in [1.54, 1.807) is 4.57 Å². The maximum atomic E-state index is 11.2. The van der Waals surface area contributed by atoms with Crippen LogP contribution in [0, 0.1) is 0 Å². The minimum absolute atomic E-state index is 0.271. The Balaban J connectivity index is 3.15. The van der Waals surface area contributed by atoms with Gasteiger partial charge >= 0.3 is 5.97 Å². The fourth-order valence-electron chi connectivity index (χ4n) is 1.69. The predicted molar refractivity (Wildman–Crippen MR) is 63.0 cm³/mol. The molecule has 0 saturated heterocycles. The van der Waals surface area contributed by atoms with Gasteiger partial charge in [-0.05, 0) is 13.3 Å². The largest absolute Gasteiger partial charge is 0.476 e. The molecular formula is C11H19N3O2. The molecular weight excluding hydrogens is 206 g/mol.